The van der Waals surface area contributed by atoms with E-state index in [2.05, 4.69) is 6.07 Å². The molecule has 30 heavy (non-hydrogen) atoms. The average Bonchev–Trinajstić information content (AvgIpc) is 2.78. The Kier molecular flexibility index (Phi) is 5.20. The van der Waals surface area contributed by atoms with Crippen LogP contribution in [-0.2, 0) is 9.53 Å². The summed E-state index contributed by atoms with van der Waals surface area (Å²) in [6, 6.07) is 17.3. The summed E-state index contributed by atoms with van der Waals surface area (Å²) in [6.07, 6.45) is 0.876. The maximum atomic E-state index is 13.3. The lowest BCUT2D eigenvalue weighted by Crippen LogP contribution is -2.30. The van der Waals surface area contributed by atoms with Gasteiger partial charge in [0.25, 0.3) is 0 Å². The lowest BCUT2D eigenvalue weighted by molar-refractivity contribution is -0.117. The number of carbonyl (C=O) groups excluding carboxylic acids is 1. The van der Waals surface area contributed by atoms with Gasteiger partial charge in [-0.05, 0) is 29.7 Å². The highest BCUT2D eigenvalue weighted by Gasteiger charge is 2.42. The van der Waals surface area contributed by atoms with Crippen molar-refractivity contribution in [1.29, 1.82) is 5.26 Å². The quantitative estimate of drug-likeness (QED) is 0.833. The van der Waals surface area contributed by atoms with Crippen LogP contribution in [0.1, 0.15) is 35.8 Å². The van der Waals surface area contributed by atoms with Crippen molar-refractivity contribution in [3.8, 4) is 17.6 Å². The third-order valence-corrected chi connectivity index (χ3v) is 5.68. The van der Waals surface area contributed by atoms with Gasteiger partial charge >= 0.3 is 0 Å². The fourth-order valence-corrected chi connectivity index (χ4v) is 4.24. The van der Waals surface area contributed by atoms with Crippen molar-refractivity contribution in [2.24, 2.45) is 5.73 Å². The number of nitriles is 1. The molecule has 2 atom stereocenters. The normalized spacial score (nSPS) is 20.9. The van der Waals surface area contributed by atoms with E-state index in [0.717, 1.165) is 5.56 Å². The molecule has 1 aliphatic carbocycles. The number of methoxy groups -OCH3 is 2. The second-order valence-electron chi connectivity index (χ2n) is 7.31. The van der Waals surface area contributed by atoms with E-state index in [1.165, 1.54) is 0 Å². The summed E-state index contributed by atoms with van der Waals surface area (Å²) in [7, 11) is 3.11. The van der Waals surface area contributed by atoms with E-state index >= 15 is 0 Å². The van der Waals surface area contributed by atoms with Crippen molar-refractivity contribution in [3.05, 3.63) is 82.4 Å². The van der Waals surface area contributed by atoms with Crippen LogP contribution in [0.25, 0.3) is 0 Å². The van der Waals surface area contributed by atoms with Gasteiger partial charge in [-0.1, -0.05) is 30.3 Å². The van der Waals surface area contributed by atoms with Crippen molar-refractivity contribution < 1.29 is 19.0 Å². The molecule has 0 unspecified atom stereocenters. The molecule has 1 aliphatic heterocycles. The van der Waals surface area contributed by atoms with Gasteiger partial charge in [0, 0.05) is 24.0 Å². The van der Waals surface area contributed by atoms with Crippen molar-refractivity contribution in [1.82, 2.24) is 0 Å². The van der Waals surface area contributed by atoms with Gasteiger partial charge in [-0.3, -0.25) is 4.79 Å². The number of ketones is 1. The monoisotopic (exact) mass is 402 g/mol. The number of allylic oxidation sites excluding steroid dienone is 3. The molecule has 0 fully saturated rings. The minimum absolute atomic E-state index is 0.00161. The molecule has 0 saturated heterocycles. The van der Waals surface area contributed by atoms with Gasteiger partial charge in [0.2, 0.25) is 5.88 Å². The van der Waals surface area contributed by atoms with Gasteiger partial charge in [0.1, 0.15) is 28.9 Å². The number of rotatable bonds is 4. The maximum absolute atomic E-state index is 13.3. The minimum Gasteiger partial charge on any atom is -0.497 e. The largest absolute Gasteiger partial charge is 0.497 e. The van der Waals surface area contributed by atoms with E-state index in [-0.39, 0.29) is 23.2 Å². The molecule has 4 rings (SSSR count). The Morgan fingerprint density at radius 1 is 1.10 bits per heavy atom. The fraction of sp³-hybridized carbons (Fsp3) is 0.250. The zero-order chi connectivity index (χ0) is 21.3. The van der Waals surface area contributed by atoms with Gasteiger partial charge in [-0.15, -0.1) is 0 Å². The van der Waals surface area contributed by atoms with Crippen LogP contribution in [0.2, 0.25) is 0 Å². The number of Topliss-reactive ketones (excluding diaryl/α,β-unsaturated/α-hetero) is 1. The molecule has 152 valence electrons. The molecule has 2 N–H and O–H groups in total. The number of benzene rings is 2. The molecule has 0 amide bonds. The first-order valence-corrected chi connectivity index (χ1v) is 9.68. The second-order valence-corrected chi connectivity index (χ2v) is 7.31. The van der Waals surface area contributed by atoms with E-state index in [1.54, 1.807) is 32.4 Å². The summed E-state index contributed by atoms with van der Waals surface area (Å²) in [5.41, 5.74) is 8.53. The minimum atomic E-state index is -0.659. The van der Waals surface area contributed by atoms with Gasteiger partial charge in [0.15, 0.2) is 5.78 Å². The van der Waals surface area contributed by atoms with Crippen LogP contribution < -0.4 is 15.2 Å². The second kappa shape index (κ2) is 7.96. The zero-order valence-corrected chi connectivity index (χ0v) is 16.8. The van der Waals surface area contributed by atoms with Crippen LogP contribution in [0.5, 0.6) is 11.5 Å². The summed E-state index contributed by atoms with van der Waals surface area (Å²) < 4.78 is 16.7. The Labute approximate surface area is 175 Å². The molecule has 2 aromatic carbocycles. The highest BCUT2D eigenvalue weighted by Crippen LogP contribution is 2.49. The molecule has 6 nitrogen and oxygen atoms in total. The molecule has 0 saturated carbocycles. The molecular formula is C24H22N2O4. The van der Waals surface area contributed by atoms with Crippen LogP contribution in [0.15, 0.2) is 71.3 Å². The Bertz CT molecular complexity index is 1100. The Balaban J connectivity index is 1.85. The van der Waals surface area contributed by atoms with Crippen LogP contribution in [-0.4, -0.2) is 20.0 Å². The molecule has 2 aliphatic rings. The lowest BCUT2D eigenvalue weighted by Gasteiger charge is -2.34. The van der Waals surface area contributed by atoms with E-state index in [9.17, 15) is 10.1 Å². The summed E-state index contributed by atoms with van der Waals surface area (Å²) >= 11 is 0. The van der Waals surface area contributed by atoms with Gasteiger partial charge in [0.05, 0.1) is 20.1 Å². The summed E-state index contributed by atoms with van der Waals surface area (Å²) in [6.45, 7) is 0. The van der Waals surface area contributed by atoms with Crippen LogP contribution in [0.4, 0.5) is 0 Å². The predicted octanol–water partition coefficient (Wildman–Crippen LogP) is 3.91. The molecular weight excluding hydrogens is 380 g/mol. The average molecular weight is 402 g/mol. The van der Waals surface area contributed by atoms with E-state index in [0.29, 0.717) is 41.2 Å². The molecule has 1 heterocycles. The zero-order valence-electron chi connectivity index (χ0n) is 16.8. The number of hydrogen-bond acceptors (Lipinski definition) is 6. The number of nitrogens with two attached hydrogens (primary N) is 1. The lowest BCUT2D eigenvalue weighted by atomic mass is 9.73. The van der Waals surface area contributed by atoms with Crippen LogP contribution in [0.3, 0.4) is 0 Å². The van der Waals surface area contributed by atoms with Gasteiger partial charge in [-0.2, -0.15) is 5.26 Å². The summed E-state index contributed by atoms with van der Waals surface area (Å²) in [4.78, 5) is 13.3. The molecule has 2 aromatic rings. The molecule has 0 radical (unpaired) electrons. The van der Waals surface area contributed by atoms with E-state index < -0.39 is 5.92 Å². The Morgan fingerprint density at radius 2 is 1.87 bits per heavy atom. The molecule has 6 heteroatoms. The highest BCUT2D eigenvalue weighted by molar-refractivity contribution is 6.00. The smallest absolute Gasteiger partial charge is 0.205 e. The third-order valence-electron chi connectivity index (χ3n) is 5.68. The summed E-state index contributed by atoms with van der Waals surface area (Å²) in [5, 5.41) is 9.82. The Hall–Kier alpha value is -3.72. The first-order valence-electron chi connectivity index (χ1n) is 9.68. The van der Waals surface area contributed by atoms with Crippen molar-refractivity contribution in [2.45, 2.75) is 24.7 Å². The van der Waals surface area contributed by atoms with Crippen molar-refractivity contribution >= 4 is 5.78 Å². The van der Waals surface area contributed by atoms with Crippen LogP contribution >= 0.6 is 0 Å². The highest BCUT2D eigenvalue weighted by atomic mass is 16.5. The van der Waals surface area contributed by atoms with Crippen molar-refractivity contribution in [3.63, 3.8) is 0 Å². The number of carbonyl (C=O) groups is 1. The number of nitrogens with zero attached hydrogens (tertiary/aromatic N) is 1. The number of hydrogen-bond donors (Lipinski definition) is 1. The Morgan fingerprint density at radius 3 is 2.53 bits per heavy atom. The molecule has 0 aromatic heterocycles. The molecule has 0 bridgehead atoms. The number of ether oxygens (including phenoxy) is 3. The van der Waals surface area contributed by atoms with E-state index in [1.807, 2.05) is 30.3 Å². The SMILES string of the molecule is COc1ccc(OC)c([C@@H]2C(C#N)=C(N)OC3=C2C(=O)C[C@@H](c2ccccc2)C3)c1. The van der Waals surface area contributed by atoms with Crippen LogP contribution in [0, 0.1) is 11.3 Å². The fourth-order valence-electron chi connectivity index (χ4n) is 4.24. The molecule has 0 spiro atoms. The maximum Gasteiger partial charge on any atom is 0.205 e. The first-order chi connectivity index (χ1) is 14.6. The third kappa shape index (κ3) is 3.29. The predicted molar refractivity (Wildman–Crippen MR) is 111 cm³/mol. The van der Waals surface area contributed by atoms with E-state index in [4.69, 9.17) is 19.9 Å². The van der Waals surface area contributed by atoms with Gasteiger partial charge in [-0.25, -0.2) is 0 Å². The summed E-state index contributed by atoms with van der Waals surface area (Å²) in [5.74, 6) is 0.975. The topological polar surface area (TPSA) is 94.6 Å². The first kappa shape index (κ1) is 19.6. The van der Waals surface area contributed by atoms with Crippen molar-refractivity contribution in [2.75, 3.05) is 14.2 Å². The standard InChI is InChI=1S/C24H22N2O4/c1-28-16-8-9-20(29-2)17(12-16)22-18(13-25)24(26)30-21-11-15(10-19(27)23(21)22)14-6-4-3-5-7-14/h3-9,12,15,22H,10-11,26H2,1-2H3/t15-,22-/m1/s1. The van der Waals surface area contributed by atoms with Gasteiger partial charge < -0.3 is 19.9 Å².